The van der Waals surface area contributed by atoms with Crippen molar-refractivity contribution in [2.75, 3.05) is 12.4 Å². The van der Waals surface area contributed by atoms with Crippen LogP contribution < -0.4 is 10.1 Å². The lowest BCUT2D eigenvalue weighted by atomic mass is 10.1. The van der Waals surface area contributed by atoms with Crippen LogP contribution in [0, 0.1) is 5.82 Å². The van der Waals surface area contributed by atoms with Gasteiger partial charge in [0.1, 0.15) is 5.75 Å². The van der Waals surface area contributed by atoms with Crippen molar-refractivity contribution in [3.63, 3.8) is 0 Å². The predicted octanol–water partition coefficient (Wildman–Crippen LogP) is 4.21. The number of nitrogens with one attached hydrogen (secondary N) is 1. The molecule has 24 heavy (non-hydrogen) atoms. The van der Waals surface area contributed by atoms with Crippen LogP contribution in [0.2, 0.25) is 0 Å². The summed E-state index contributed by atoms with van der Waals surface area (Å²) in [7, 11) is 1.44. The van der Waals surface area contributed by atoms with Crippen molar-refractivity contribution in [2.24, 2.45) is 0 Å². The van der Waals surface area contributed by atoms with Gasteiger partial charge in [0.15, 0.2) is 11.6 Å². The summed E-state index contributed by atoms with van der Waals surface area (Å²) in [6, 6.07) is 13.7. The van der Waals surface area contributed by atoms with E-state index in [9.17, 15) is 9.50 Å². The molecule has 0 saturated carbocycles. The van der Waals surface area contributed by atoms with Gasteiger partial charge in [-0.2, -0.15) is 0 Å². The molecule has 0 spiro atoms. The van der Waals surface area contributed by atoms with Gasteiger partial charge in [-0.05, 0) is 41.5 Å². The second-order valence-corrected chi connectivity index (χ2v) is 5.34. The molecular formula is C19H17FN2O2. The highest BCUT2D eigenvalue weighted by molar-refractivity contribution is 5.67. The third-order valence-electron chi connectivity index (χ3n) is 3.63. The minimum atomic E-state index is -0.381. The number of phenols is 1. The summed E-state index contributed by atoms with van der Waals surface area (Å²) in [6.07, 6.45) is 3.45. The Morgan fingerprint density at radius 2 is 1.96 bits per heavy atom. The van der Waals surface area contributed by atoms with E-state index in [0.29, 0.717) is 6.54 Å². The van der Waals surface area contributed by atoms with Gasteiger partial charge in [-0.1, -0.05) is 18.2 Å². The first kappa shape index (κ1) is 15.8. The Kier molecular flexibility index (Phi) is 4.61. The van der Waals surface area contributed by atoms with E-state index in [1.807, 2.05) is 12.1 Å². The number of aromatic hydroxyl groups is 1. The molecule has 1 aromatic heterocycles. The number of rotatable bonds is 5. The summed E-state index contributed by atoms with van der Waals surface area (Å²) >= 11 is 0. The summed E-state index contributed by atoms with van der Waals surface area (Å²) in [6.45, 7) is 0.516. The molecule has 122 valence electrons. The highest BCUT2D eigenvalue weighted by Crippen LogP contribution is 2.25. The predicted molar refractivity (Wildman–Crippen MR) is 91.6 cm³/mol. The SMILES string of the molecule is COc1cc(CNc2cncc(-c3cccc(O)c3)c2)ccc1F. The molecule has 3 aromatic rings. The number of benzene rings is 2. The van der Waals surface area contributed by atoms with Crippen molar-refractivity contribution >= 4 is 5.69 Å². The zero-order valence-corrected chi connectivity index (χ0v) is 13.2. The standard InChI is InChI=1S/C19H17FN2O2/c1-24-19-7-13(5-6-18(19)20)10-22-16-8-15(11-21-12-16)14-3-2-4-17(23)9-14/h2-9,11-12,22-23H,10H2,1H3. The molecule has 0 unspecified atom stereocenters. The van der Waals surface area contributed by atoms with Crippen molar-refractivity contribution in [3.05, 3.63) is 72.3 Å². The maximum absolute atomic E-state index is 13.4. The molecule has 0 amide bonds. The number of pyridine rings is 1. The average molecular weight is 324 g/mol. The minimum Gasteiger partial charge on any atom is -0.508 e. The molecule has 0 aliphatic carbocycles. The van der Waals surface area contributed by atoms with Crippen LogP contribution in [0.4, 0.5) is 10.1 Å². The molecule has 5 heteroatoms. The van der Waals surface area contributed by atoms with E-state index in [2.05, 4.69) is 10.3 Å². The first-order valence-electron chi connectivity index (χ1n) is 7.46. The van der Waals surface area contributed by atoms with E-state index in [1.54, 1.807) is 42.7 Å². The molecule has 4 nitrogen and oxygen atoms in total. The van der Waals surface area contributed by atoms with E-state index in [-0.39, 0.29) is 17.3 Å². The van der Waals surface area contributed by atoms with Crippen LogP contribution in [-0.4, -0.2) is 17.2 Å². The Morgan fingerprint density at radius 3 is 2.75 bits per heavy atom. The third-order valence-corrected chi connectivity index (χ3v) is 3.63. The van der Waals surface area contributed by atoms with Gasteiger partial charge in [0, 0.05) is 24.5 Å². The van der Waals surface area contributed by atoms with Gasteiger partial charge in [-0.25, -0.2) is 4.39 Å². The van der Waals surface area contributed by atoms with Gasteiger partial charge in [-0.15, -0.1) is 0 Å². The van der Waals surface area contributed by atoms with Crippen LogP contribution in [0.5, 0.6) is 11.5 Å². The van der Waals surface area contributed by atoms with Crippen LogP contribution in [0.1, 0.15) is 5.56 Å². The average Bonchev–Trinajstić information content (AvgIpc) is 2.61. The van der Waals surface area contributed by atoms with Crippen molar-refractivity contribution in [1.82, 2.24) is 4.98 Å². The molecule has 1 heterocycles. The topological polar surface area (TPSA) is 54.4 Å². The molecule has 0 aliphatic rings. The van der Waals surface area contributed by atoms with E-state index < -0.39 is 0 Å². The normalized spacial score (nSPS) is 10.4. The summed E-state index contributed by atoms with van der Waals surface area (Å²) in [4.78, 5) is 4.22. The smallest absolute Gasteiger partial charge is 0.165 e. The quantitative estimate of drug-likeness (QED) is 0.738. The number of phenolic OH excluding ortho intramolecular Hbond substituents is 1. The van der Waals surface area contributed by atoms with E-state index in [0.717, 1.165) is 22.4 Å². The third kappa shape index (κ3) is 3.63. The zero-order valence-electron chi connectivity index (χ0n) is 13.2. The lowest BCUT2D eigenvalue weighted by molar-refractivity contribution is 0.386. The lowest BCUT2D eigenvalue weighted by Crippen LogP contribution is -2.01. The monoisotopic (exact) mass is 324 g/mol. The molecule has 2 aromatic carbocycles. The summed E-state index contributed by atoms with van der Waals surface area (Å²) < 4.78 is 18.4. The molecule has 0 atom stereocenters. The fourth-order valence-electron chi connectivity index (χ4n) is 2.40. The van der Waals surface area contributed by atoms with Crippen LogP contribution in [0.15, 0.2) is 60.9 Å². The molecule has 0 fully saturated rings. The Labute approximate surface area is 139 Å². The molecule has 0 saturated heterocycles. The Hall–Kier alpha value is -3.08. The zero-order chi connectivity index (χ0) is 16.9. The molecule has 0 radical (unpaired) electrons. The van der Waals surface area contributed by atoms with Gasteiger partial charge >= 0.3 is 0 Å². The van der Waals surface area contributed by atoms with Crippen molar-refractivity contribution < 1.29 is 14.2 Å². The van der Waals surface area contributed by atoms with Crippen molar-refractivity contribution in [2.45, 2.75) is 6.54 Å². The first-order valence-corrected chi connectivity index (χ1v) is 7.46. The largest absolute Gasteiger partial charge is 0.508 e. The number of hydrogen-bond donors (Lipinski definition) is 2. The van der Waals surface area contributed by atoms with Crippen LogP contribution >= 0.6 is 0 Å². The summed E-state index contributed by atoms with van der Waals surface area (Å²) in [5.74, 6) is 0.0546. The second-order valence-electron chi connectivity index (χ2n) is 5.34. The van der Waals surface area contributed by atoms with E-state index >= 15 is 0 Å². The van der Waals surface area contributed by atoms with Gasteiger partial charge in [0.25, 0.3) is 0 Å². The second kappa shape index (κ2) is 7.00. The number of ether oxygens (including phenoxy) is 1. The lowest BCUT2D eigenvalue weighted by Gasteiger charge is -2.10. The van der Waals surface area contributed by atoms with Crippen molar-refractivity contribution in [3.8, 4) is 22.6 Å². The van der Waals surface area contributed by atoms with Gasteiger partial charge in [0.2, 0.25) is 0 Å². The van der Waals surface area contributed by atoms with Crippen LogP contribution in [-0.2, 0) is 6.54 Å². The van der Waals surface area contributed by atoms with Gasteiger partial charge < -0.3 is 15.2 Å². The molecule has 3 rings (SSSR count). The Balaban J connectivity index is 1.75. The van der Waals surface area contributed by atoms with Crippen LogP contribution in [0.3, 0.4) is 0 Å². The maximum atomic E-state index is 13.4. The van der Waals surface area contributed by atoms with Gasteiger partial charge in [-0.3, -0.25) is 4.98 Å². The van der Waals surface area contributed by atoms with Gasteiger partial charge in [0.05, 0.1) is 12.8 Å². The molecular weight excluding hydrogens is 307 g/mol. The first-order chi connectivity index (χ1) is 11.7. The van der Waals surface area contributed by atoms with E-state index in [1.165, 1.54) is 13.2 Å². The molecule has 2 N–H and O–H groups in total. The number of halogens is 1. The molecule has 0 aliphatic heterocycles. The Bertz CT molecular complexity index is 852. The highest BCUT2D eigenvalue weighted by Gasteiger charge is 2.05. The minimum absolute atomic E-state index is 0.212. The fourth-order valence-corrected chi connectivity index (χ4v) is 2.40. The number of anilines is 1. The maximum Gasteiger partial charge on any atom is 0.165 e. The number of methoxy groups -OCH3 is 1. The molecule has 0 bridgehead atoms. The number of nitrogens with zero attached hydrogens (tertiary/aromatic N) is 1. The summed E-state index contributed by atoms with van der Waals surface area (Å²) in [5, 5.41) is 12.8. The number of hydrogen-bond acceptors (Lipinski definition) is 4. The van der Waals surface area contributed by atoms with E-state index in [4.69, 9.17) is 4.74 Å². The summed E-state index contributed by atoms with van der Waals surface area (Å²) in [5.41, 5.74) is 3.51. The fraction of sp³-hybridized carbons (Fsp3) is 0.105. The van der Waals surface area contributed by atoms with Crippen LogP contribution in [0.25, 0.3) is 11.1 Å². The Morgan fingerprint density at radius 1 is 1.08 bits per heavy atom. The number of aromatic nitrogens is 1. The van der Waals surface area contributed by atoms with Crippen molar-refractivity contribution in [1.29, 1.82) is 0 Å². The highest BCUT2D eigenvalue weighted by atomic mass is 19.1.